The van der Waals surface area contributed by atoms with E-state index >= 15 is 0 Å². The van der Waals surface area contributed by atoms with E-state index < -0.39 is 5.63 Å². The van der Waals surface area contributed by atoms with Crippen LogP contribution in [0, 0.1) is 6.92 Å². The number of H-pyrrole nitrogens is 1. The predicted octanol–water partition coefficient (Wildman–Crippen LogP) is 3.51. The number of nitrogens with one attached hydrogen (secondary N) is 2. The molecule has 0 aliphatic carbocycles. The molecule has 0 aliphatic rings. The zero-order chi connectivity index (χ0) is 23.5. The minimum atomic E-state index is -0.564. The highest BCUT2D eigenvalue weighted by Gasteiger charge is 2.19. The van der Waals surface area contributed by atoms with Crippen LogP contribution in [0.15, 0.2) is 45.7 Å². The lowest BCUT2D eigenvalue weighted by Gasteiger charge is -2.13. The molecule has 8 heteroatoms. The number of fused-ring (bicyclic) bond motifs is 2. The van der Waals surface area contributed by atoms with Crippen LogP contribution in [0.1, 0.15) is 16.7 Å². The minimum Gasteiger partial charge on any atom is -0.497 e. The largest absolute Gasteiger partial charge is 0.497 e. The van der Waals surface area contributed by atoms with E-state index in [9.17, 15) is 9.59 Å². The number of carbonyl (C=O) groups excluding carboxylic acids is 1. The SMILES string of the molecule is COc1ccc2[nH]cc(CCNC(=O)Cc3c(C)c4ccc(OC)c(OC)c4oc3=O)c2c1. The highest BCUT2D eigenvalue weighted by Crippen LogP contribution is 2.36. The van der Waals surface area contributed by atoms with Gasteiger partial charge in [-0.3, -0.25) is 4.79 Å². The molecule has 2 N–H and O–H groups in total. The number of aryl methyl sites for hydroxylation is 1. The second-order valence-corrected chi connectivity index (χ2v) is 7.67. The van der Waals surface area contributed by atoms with Crippen LogP contribution in [-0.4, -0.2) is 38.8 Å². The summed E-state index contributed by atoms with van der Waals surface area (Å²) >= 11 is 0. The molecule has 0 radical (unpaired) electrons. The van der Waals surface area contributed by atoms with E-state index in [4.69, 9.17) is 18.6 Å². The summed E-state index contributed by atoms with van der Waals surface area (Å²) in [5.74, 6) is 1.34. The van der Waals surface area contributed by atoms with E-state index in [1.807, 2.05) is 24.4 Å². The average molecular weight is 450 g/mol. The van der Waals surface area contributed by atoms with E-state index in [1.54, 1.807) is 26.2 Å². The van der Waals surface area contributed by atoms with Crippen LogP contribution in [0.25, 0.3) is 21.9 Å². The third-order valence-corrected chi connectivity index (χ3v) is 5.83. The van der Waals surface area contributed by atoms with Gasteiger partial charge in [-0.15, -0.1) is 0 Å². The van der Waals surface area contributed by atoms with Crippen LogP contribution in [0.4, 0.5) is 0 Å². The highest BCUT2D eigenvalue weighted by molar-refractivity contribution is 5.90. The predicted molar refractivity (Wildman–Crippen MR) is 126 cm³/mol. The Hall–Kier alpha value is -3.94. The molecule has 4 rings (SSSR count). The molecule has 4 aromatic rings. The van der Waals surface area contributed by atoms with E-state index in [1.165, 1.54) is 14.2 Å². The van der Waals surface area contributed by atoms with Crippen molar-refractivity contribution in [1.29, 1.82) is 0 Å². The Morgan fingerprint density at radius 2 is 1.88 bits per heavy atom. The number of aromatic amines is 1. The summed E-state index contributed by atoms with van der Waals surface area (Å²) in [5, 5.41) is 4.65. The molecule has 2 aromatic carbocycles. The molecule has 33 heavy (non-hydrogen) atoms. The van der Waals surface area contributed by atoms with Gasteiger partial charge in [0.1, 0.15) is 5.75 Å². The number of hydrogen-bond donors (Lipinski definition) is 2. The van der Waals surface area contributed by atoms with Gasteiger partial charge in [0.25, 0.3) is 0 Å². The first-order valence-electron chi connectivity index (χ1n) is 10.5. The van der Waals surface area contributed by atoms with Crippen molar-refractivity contribution < 1.29 is 23.4 Å². The third kappa shape index (κ3) is 4.24. The van der Waals surface area contributed by atoms with Gasteiger partial charge in [-0.2, -0.15) is 0 Å². The first-order valence-corrected chi connectivity index (χ1v) is 10.5. The molecular formula is C25H26N2O6. The molecular weight excluding hydrogens is 424 g/mol. The maximum Gasteiger partial charge on any atom is 0.340 e. The zero-order valence-electron chi connectivity index (χ0n) is 19.0. The molecule has 0 bridgehead atoms. The summed E-state index contributed by atoms with van der Waals surface area (Å²) in [6.45, 7) is 2.24. The quantitative estimate of drug-likeness (QED) is 0.398. The number of hydrogen-bond acceptors (Lipinski definition) is 6. The maximum atomic E-state index is 12.7. The topological polar surface area (TPSA) is 103 Å². The Kier molecular flexibility index (Phi) is 6.26. The maximum absolute atomic E-state index is 12.7. The number of ether oxygens (including phenoxy) is 3. The summed E-state index contributed by atoms with van der Waals surface area (Å²) in [6.07, 6.45) is 2.50. The van der Waals surface area contributed by atoms with Gasteiger partial charge in [0, 0.05) is 29.0 Å². The Balaban J connectivity index is 1.49. The number of methoxy groups -OCH3 is 3. The van der Waals surface area contributed by atoms with Crippen LogP contribution in [0.5, 0.6) is 17.2 Å². The van der Waals surface area contributed by atoms with Gasteiger partial charge >= 0.3 is 5.63 Å². The number of aromatic nitrogens is 1. The fourth-order valence-corrected chi connectivity index (χ4v) is 4.02. The molecule has 1 amide bonds. The molecule has 8 nitrogen and oxygen atoms in total. The smallest absolute Gasteiger partial charge is 0.340 e. The van der Waals surface area contributed by atoms with Gasteiger partial charge in [-0.1, -0.05) is 0 Å². The molecule has 2 heterocycles. The van der Waals surface area contributed by atoms with Crippen LogP contribution < -0.4 is 25.2 Å². The Bertz CT molecular complexity index is 1390. The lowest BCUT2D eigenvalue weighted by atomic mass is 10.0. The molecule has 0 atom stereocenters. The number of carbonyl (C=O) groups is 1. The van der Waals surface area contributed by atoms with E-state index in [2.05, 4.69) is 10.3 Å². The summed E-state index contributed by atoms with van der Waals surface area (Å²) < 4.78 is 21.5. The third-order valence-electron chi connectivity index (χ3n) is 5.83. The Morgan fingerprint density at radius 1 is 1.06 bits per heavy atom. The van der Waals surface area contributed by atoms with Crippen LogP contribution in [0.3, 0.4) is 0 Å². The van der Waals surface area contributed by atoms with Gasteiger partial charge < -0.3 is 28.9 Å². The van der Waals surface area contributed by atoms with Gasteiger partial charge in [-0.25, -0.2) is 4.79 Å². The van der Waals surface area contributed by atoms with Crippen molar-refractivity contribution in [3.63, 3.8) is 0 Å². The van der Waals surface area contributed by atoms with Crippen molar-refractivity contribution in [2.45, 2.75) is 19.8 Å². The van der Waals surface area contributed by atoms with Crippen molar-refractivity contribution in [2.24, 2.45) is 0 Å². The van der Waals surface area contributed by atoms with Crippen molar-refractivity contribution in [3.8, 4) is 17.2 Å². The molecule has 2 aromatic heterocycles. The summed E-state index contributed by atoms with van der Waals surface area (Å²) in [5.41, 5.74) is 2.83. The summed E-state index contributed by atoms with van der Waals surface area (Å²) in [6, 6.07) is 9.36. The lowest BCUT2D eigenvalue weighted by molar-refractivity contribution is -0.120. The molecule has 0 fully saturated rings. The summed E-state index contributed by atoms with van der Waals surface area (Å²) in [7, 11) is 4.63. The first kappa shape index (κ1) is 22.3. The highest BCUT2D eigenvalue weighted by atomic mass is 16.5. The van der Waals surface area contributed by atoms with Crippen LogP contribution >= 0.6 is 0 Å². The first-order chi connectivity index (χ1) is 16.0. The summed E-state index contributed by atoms with van der Waals surface area (Å²) in [4.78, 5) is 28.5. The minimum absolute atomic E-state index is 0.0693. The van der Waals surface area contributed by atoms with Gasteiger partial charge in [-0.05, 0) is 54.8 Å². The second-order valence-electron chi connectivity index (χ2n) is 7.67. The van der Waals surface area contributed by atoms with E-state index in [0.717, 1.165) is 22.2 Å². The number of benzene rings is 2. The normalized spacial score (nSPS) is 11.0. The molecule has 0 saturated heterocycles. The van der Waals surface area contributed by atoms with E-state index in [-0.39, 0.29) is 12.3 Å². The average Bonchev–Trinajstić information content (AvgIpc) is 3.23. The molecule has 172 valence electrons. The van der Waals surface area contributed by atoms with Crippen LogP contribution in [0.2, 0.25) is 0 Å². The van der Waals surface area contributed by atoms with Crippen LogP contribution in [-0.2, 0) is 17.6 Å². The van der Waals surface area contributed by atoms with Crippen molar-refractivity contribution in [2.75, 3.05) is 27.9 Å². The zero-order valence-corrected chi connectivity index (χ0v) is 19.0. The standard InChI is InChI=1S/C25H26N2O6/c1-14-17-6-8-21(31-3)24(32-4)23(17)33-25(29)18(14)12-22(28)26-10-9-15-13-27-20-7-5-16(30-2)11-19(15)20/h5-8,11,13,27H,9-10,12H2,1-4H3,(H,26,28). The molecule has 0 aliphatic heterocycles. The second kappa shape index (κ2) is 9.28. The fraction of sp³-hybridized carbons (Fsp3) is 0.280. The number of amides is 1. The van der Waals surface area contributed by atoms with Crippen molar-refractivity contribution in [1.82, 2.24) is 10.3 Å². The lowest BCUT2D eigenvalue weighted by Crippen LogP contribution is -2.29. The van der Waals surface area contributed by atoms with Gasteiger partial charge in [0.05, 0.1) is 33.3 Å². The van der Waals surface area contributed by atoms with Crippen molar-refractivity contribution in [3.05, 3.63) is 63.6 Å². The molecule has 0 unspecified atom stereocenters. The Labute approximate surface area is 190 Å². The van der Waals surface area contributed by atoms with Crippen molar-refractivity contribution >= 4 is 27.8 Å². The van der Waals surface area contributed by atoms with Gasteiger partial charge in [0.15, 0.2) is 11.3 Å². The Morgan fingerprint density at radius 3 is 2.61 bits per heavy atom. The molecule has 0 spiro atoms. The van der Waals surface area contributed by atoms with Gasteiger partial charge in [0.2, 0.25) is 11.7 Å². The molecule has 0 saturated carbocycles. The fourth-order valence-electron chi connectivity index (χ4n) is 4.02. The van der Waals surface area contributed by atoms with E-state index in [0.29, 0.717) is 46.6 Å². The number of rotatable bonds is 8. The monoisotopic (exact) mass is 450 g/mol.